The molecule has 1 aliphatic carbocycles. The van der Waals surface area contributed by atoms with Crippen LogP contribution in [-0.4, -0.2) is 24.8 Å². The summed E-state index contributed by atoms with van der Waals surface area (Å²) in [5.74, 6) is -0.255. The molecular formula is C24H34O3. The first-order valence-electron chi connectivity index (χ1n) is 10.5. The molecule has 3 nitrogen and oxygen atoms in total. The van der Waals surface area contributed by atoms with Crippen molar-refractivity contribution in [2.45, 2.75) is 70.8 Å². The van der Waals surface area contributed by atoms with Crippen molar-refractivity contribution in [1.29, 1.82) is 0 Å². The van der Waals surface area contributed by atoms with Crippen molar-refractivity contribution < 1.29 is 14.3 Å². The Morgan fingerprint density at radius 3 is 2.33 bits per heavy atom. The minimum absolute atomic E-state index is 0.255. The van der Waals surface area contributed by atoms with Crippen LogP contribution >= 0.6 is 0 Å². The van der Waals surface area contributed by atoms with Gasteiger partial charge in [-0.2, -0.15) is 0 Å². The van der Waals surface area contributed by atoms with Crippen molar-refractivity contribution in [2.24, 2.45) is 0 Å². The summed E-state index contributed by atoms with van der Waals surface area (Å²) in [6.07, 6.45) is 14.1. The van der Waals surface area contributed by atoms with Crippen LogP contribution in [0, 0.1) is 0 Å². The molecule has 27 heavy (non-hydrogen) atoms. The van der Waals surface area contributed by atoms with Crippen molar-refractivity contribution in [1.82, 2.24) is 0 Å². The summed E-state index contributed by atoms with van der Waals surface area (Å²) < 4.78 is 11.7. The first-order valence-corrected chi connectivity index (χ1v) is 10.5. The van der Waals surface area contributed by atoms with E-state index in [-0.39, 0.29) is 5.97 Å². The van der Waals surface area contributed by atoms with Gasteiger partial charge < -0.3 is 9.47 Å². The van der Waals surface area contributed by atoms with E-state index in [1.807, 2.05) is 30.4 Å². The van der Waals surface area contributed by atoms with Crippen LogP contribution in [0.2, 0.25) is 0 Å². The Morgan fingerprint density at radius 1 is 0.963 bits per heavy atom. The number of allylic oxidation sites excluding steroid dienone is 2. The zero-order valence-electron chi connectivity index (χ0n) is 16.9. The molecule has 0 amide bonds. The molecule has 1 aromatic rings. The second-order valence-corrected chi connectivity index (χ2v) is 7.20. The van der Waals surface area contributed by atoms with Crippen molar-refractivity contribution in [3.8, 4) is 0 Å². The first-order chi connectivity index (χ1) is 13.2. The van der Waals surface area contributed by atoms with E-state index in [1.165, 1.54) is 12.8 Å². The Hall–Kier alpha value is -1.87. The summed E-state index contributed by atoms with van der Waals surface area (Å²) in [5, 5.41) is 0. The maximum absolute atomic E-state index is 12.8. The largest absolute Gasteiger partial charge is 0.463 e. The van der Waals surface area contributed by atoms with Gasteiger partial charge in [0.05, 0.1) is 6.61 Å². The number of esters is 1. The minimum Gasteiger partial charge on any atom is -0.463 e. The van der Waals surface area contributed by atoms with E-state index in [4.69, 9.17) is 9.47 Å². The molecule has 0 heterocycles. The molecule has 0 bridgehead atoms. The fraction of sp³-hybridized carbons (Fsp3) is 0.542. The van der Waals surface area contributed by atoms with Gasteiger partial charge >= 0.3 is 5.97 Å². The van der Waals surface area contributed by atoms with Gasteiger partial charge in [-0.15, -0.1) is 0 Å². The number of rotatable bonds is 12. The monoisotopic (exact) mass is 370 g/mol. The van der Waals surface area contributed by atoms with Gasteiger partial charge in [0.1, 0.15) is 0 Å². The lowest BCUT2D eigenvalue weighted by atomic mass is 9.89. The lowest BCUT2D eigenvalue weighted by Gasteiger charge is -2.30. The molecule has 0 aromatic heterocycles. The van der Waals surface area contributed by atoms with Gasteiger partial charge in [-0.25, -0.2) is 4.79 Å². The third-order valence-electron chi connectivity index (χ3n) is 4.95. The Kier molecular flexibility index (Phi) is 9.34. The maximum Gasteiger partial charge on any atom is 0.342 e. The highest BCUT2D eigenvalue weighted by atomic mass is 16.6. The predicted octanol–water partition coefficient (Wildman–Crippen LogP) is 6.10. The van der Waals surface area contributed by atoms with E-state index < -0.39 is 5.60 Å². The molecule has 0 saturated heterocycles. The molecule has 0 aliphatic heterocycles. The quantitative estimate of drug-likeness (QED) is 0.329. The molecule has 0 spiro atoms. The molecule has 1 aromatic carbocycles. The topological polar surface area (TPSA) is 35.5 Å². The third-order valence-corrected chi connectivity index (χ3v) is 4.95. The van der Waals surface area contributed by atoms with Crippen LogP contribution in [0.15, 0.2) is 48.6 Å². The molecule has 0 N–H and O–H groups in total. The molecule has 1 unspecified atom stereocenters. The molecule has 1 atom stereocenters. The molecule has 0 saturated carbocycles. The highest BCUT2D eigenvalue weighted by Gasteiger charge is 2.39. The van der Waals surface area contributed by atoms with Crippen LogP contribution in [0.3, 0.4) is 0 Å². The van der Waals surface area contributed by atoms with Crippen LogP contribution in [0.1, 0.15) is 70.8 Å². The Labute approximate surface area is 164 Å². The molecule has 2 rings (SSSR count). The van der Waals surface area contributed by atoms with Gasteiger partial charge in [0.25, 0.3) is 0 Å². The van der Waals surface area contributed by atoms with Crippen LogP contribution in [0.25, 0.3) is 5.57 Å². The molecule has 0 fully saturated rings. The number of unbranched alkanes of at least 4 members (excludes halogenated alkanes) is 5. The maximum atomic E-state index is 12.8. The van der Waals surface area contributed by atoms with Gasteiger partial charge in [0, 0.05) is 13.0 Å². The van der Waals surface area contributed by atoms with E-state index in [1.54, 1.807) is 0 Å². The predicted molar refractivity (Wildman–Crippen MR) is 111 cm³/mol. The number of carbonyl (C=O) groups excluding carboxylic acids is 1. The molecule has 0 radical (unpaired) electrons. The molecule has 148 valence electrons. The smallest absolute Gasteiger partial charge is 0.342 e. The fourth-order valence-corrected chi connectivity index (χ4v) is 3.21. The van der Waals surface area contributed by atoms with E-state index in [0.717, 1.165) is 43.2 Å². The van der Waals surface area contributed by atoms with Crippen molar-refractivity contribution in [3.05, 3.63) is 54.1 Å². The summed E-state index contributed by atoms with van der Waals surface area (Å²) in [5.41, 5.74) is 1.30. The van der Waals surface area contributed by atoms with E-state index >= 15 is 0 Å². The van der Waals surface area contributed by atoms with Gasteiger partial charge in [-0.05, 0) is 30.1 Å². The SMILES string of the molecule is CCCCCCOC(=O)C1(OCCCCC)C=CC(c2ccccc2)=CC1. The highest BCUT2D eigenvalue weighted by molar-refractivity contribution is 5.86. The second-order valence-electron chi connectivity index (χ2n) is 7.20. The first kappa shape index (κ1) is 21.4. The average Bonchev–Trinajstić information content (AvgIpc) is 2.72. The van der Waals surface area contributed by atoms with Gasteiger partial charge in [-0.3, -0.25) is 0 Å². The van der Waals surface area contributed by atoms with Gasteiger partial charge in [-0.1, -0.05) is 88.4 Å². The average molecular weight is 371 g/mol. The van der Waals surface area contributed by atoms with Crippen molar-refractivity contribution in [3.63, 3.8) is 0 Å². The lowest BCUT2D eigenvalue weighted by molar-refractivity contribution is -0.166. The Bertz CT molecular complexity index is 618. The summed E-state index contributed by atoms with van der Waals surface area (Å²) in [4.78, 5) is 12.8. The zero-order chi connectivity index (χ0) is 19.4. The van der Waals surface area contributed by atoms with E-state index in [0.29, 0.717) is 19.6 Å². The molecular weight excluding hydrogens is 336 g/mol. The minimum atomic E-state index is -0.975. The Morgan fingerprint density at radius 2 is 1.67 bits per heavy atom. The number of hydrogen-bond donors (Lipinski definition) is 0. The molecule has 1 aliphatic rings. The zero-order valence-corrected chi connectivity index (χ0v) is 16.9. The summed E-state index contributed by atoms with van der Waals surface area (Å²) >= 11 is 0. The van der Waals surface area contributed by atoms with Crippen LogP contribution in [0.4, 0.5) is 0 Å². The number of carbonyl (C=O) groups is 1. The number of hydrogen-bond acceptors (Lipinski definition) is 3. The Balaban J connectivity index is 2.00. The van der Waals surface area contributed by atoms with E-state index in [2.05, 4.69) is 32.1 Å². The standard InChI is InChI=1S/C24H34O3/c1-3-5-7-12-19-26-23(25)24(27-20-11-6-4-2)17-15-22(16-18-24)21-13-9-8-10-14-21/h8-10,13-17H,3-7,11-12,18-20H2,1-2H3. The second kappa shape index (κ2) is 11.8. The molecule has 3 heteroatoms. The van der Waals surface area contributed by atoms with Crippen molar-refractivity contribution >= 4 is 11.5 Å². The summed E-state index contributed by atoms with van der Waals surface area (Å²) in [6.45, 7) is 5.39. The van der Waals surface area contributed by atoms with E-state index in [9.17, 15) is 4.79 Å². The lowest BCUT2D eigenvalue weighted by Crippen LogP contribution is -2.42. The summed E-state index contributed by atoms with van der Waals surface area (Å²) in [7, 11) is 0. The van der Waals surface area contributed by atoms with Gasteiger partial charge in [0.15, 0.2) is 5.60 Å². The highest BCUT2D eigenvalue weighted by Crippen LogP contribution is 2.31. The van der Waals surface area contributed by atoms with Crippen molar-refractivity contribution in [2.75, 3.05) is 13.2 Å². The normalized spacial score (nSPS) is 19.0. The third kappa shape index (κ3) is 6.66. The number of benzene rings is 1. The van der Waals surface area contributed by atoms with Gasteiger partial charge in [0.2, 0.25) is 0 Å². The fourth-order valence-electron chi connectivity index (χ4n) is 3.21. The number of ether oxygens (including phenoxy) is 2. The van der Waals surface area contributed by atoms with Crippen LogP contribution < -0.4 is 0 Å². The van der Waals surface area contributed by atoms with Crippen LogP contribution in [-0.2, 0) is 14.3 Å². The summed E-state index contributed by atoms with van der Waals surface area (Å²) in [6, 6.07) is 10.2. The van der Waals surface area contributed by atoms with Crippen LogP contribution in [0.5, 0.6) is 0 Å².